The first-order valence-electron chi connectivity index (χ1n) is 6.41. The molecule has 2 atom stereocenters. The predicted octanol–water partition coefficient (Wildman–Crippen LogP) is 0.291. The predicted molar refractivity (Wildman–Crippen MR) is 64.3 cm³/mol. The van der Waals surface area contributed by atoms with Crippen LogP contribution in [0.4, 0.5) is 0 Å². The number of likely N-dealkylation sites (N-methyl/N-ethyl adjacent to an activating group) is 1. The second-order valence-corrected chi connectivity index (χ2v) is 5.07. The molecule has 2 aliphatic heterocycles. The third-order valence-electron chi connectivity index (χ3n) is 3.87. The molecule has 4 heteroatoms. The first-order valence-corrected chi connectivity index (χ1v) is 6.41. The number of nitrogens with one attached hydrogen (secondary N) is 1. The molecule has 2 saturated heterocycles. The van der Waals surface area contributed by atoms with E-state index in [1.807, 2.05) is 14.0 Å². The molecule has 2 unspecified atom stereocenters. The summed E-state index contributed by atoms with van der Waals surface area (Å²) in [5, 5.41) is 3.63. The molecule has 0 aliphatic carbocycles. The van der Waals surface area contributed by atoms with Crippen LogP contribution in [0.2, 0.25) is 0 Å². The molecule has 2 bridgehead atoms. The Morgan fingerprint density at radius 1 is 1.38 bits per heavy atom. The zero-order chi connectivity index (χ0) is 11.5. The monoisotopic (exact) mass is 225 g/mol. The summed E-state index contributed by atoms with van der Waals surface area (Å²) in [6, 6.07) is 1.32. The van der Waals surface area contributed by atoms with Gasteiger partial charge >= 0.3 is 0 Å². The zero-order valence-corrected chi connectivity index (χ0v) is 10.4. The summed E-state index contributed by atoms with van der Waals surface area (Å²) in [6.07, 6.45) is 3.79. The molecule has 16 heavy (non-hydrogen) atoms. The number of fused-ring (bicyclic) bond motifs is 2. The van der Waals surface area contributed by atoms with Crippen molar-refractivity contribution in [2.24, 2.45) is 0 Å². The molecule has 4 nitrogen and oxygen atoms in total. The van der Waals surface area contributed by atoms with E-state index < -0.39 is 0 Å². The lowest BCUT2D eigenvalue weighted by molar-refractivity contribution is -0.130. The molecule has 0 aromatic carbocycles. The van der Waals surface area contributed by atoms with Gasteiger partial charge < -0.3 is 10.2 Å². The van der Waals surface area contributed by atoms with Crippen LogP contribution in [0, 0.1) is 0 Å². The summed E-state index contributed by atoms with van der Waals surface area (Å²) in [4.78, 5) is 15.9. The van der Waals surface area contributed by atoms with Gasteiger partial charge in [0.05, 0.1) is 6.54 Å². The van der Waals surface area contributed by atoms with Gasteiger partial charge in [0, 0.05) is 38.8 Å². The number of carbonyl (C=O) groups is 1. The number of carbonyl (C=O) groups excluding carboxylic acids is 1. The van der Waals surface area contributed by atoms with Crippen LogP contribution in [0.25, 0.3) is 0 Å². The summed E-state index contributed by atoms with van der Waals surface area (Å²) in [5.41, 5.74) is 0. The van der Waals surface area contributed by atoms with Crippen molar-refractivity contribution in [3.8, 4) is 0 Å². The largest absolute Gasteiger partial charge is 0.345 e. The molecule has 2 aliphatic rings. The molecule has 2 fully saturated rings. The number of rotatable bonds is 3. The fourth-order valence-electron chi connectivity index (χ4n) is 2.65. The SMILES string of the molecule is CCN(C)C(=O)CN1CCC2CCC(C1)N2. The molecular formula is C12H23N3O. The van der Waals surface area contributed by atoms with Crippen molar-refractivity contribution in [2.45, 2.75) is 38.3 Å². The van der Waals surface area contributed by atoms with E-state index in [9.17, 15) is 4.79 Å². The van der Waals surface area contributed by atoms with E-state index >= 15 is 0 Å². The standard InChI is InChI=1S/C12H23N3O/c1-3-14(2)12(16)9-15-7-6-10-4-5-11(8-15)13-10/h10-11,13H,3-9H2,1-2H3. The smallest absolute Gasteiger partial charge is 0.236 e. The molecule has 0 spiro atoms. The molecule has 0 radical (unpaired) electrons. The van der Waals surface area contributed by atoms with E-state index in [0.717, 1.165) is 19.6 Å². The van der Waals surface area contributed by atoms with Crippen LogP contribution in [0.15, 0.2) is 0 Å². The first-order chi connectivity index (χ1) is 7.69. The summed E-state index contributed by atoms with van der Waals surface area (Å²) in [6.45, 7) is 5.52. The van der Waals surface area contributed by atoms with Crippen molar-refractivity contribution >= 4 is 5.91 Å². The van der Waals surface area contributed by atoms with Gasteiger partial charge in [-0.25, -0.2) is 0 Å². The fraction of sp³-hybridized carbons (Fsp3) is 0.917. The van der Waals surface area contributed by atoms with Crippen molar-refractivity contribution in [3.05, 3.63) is 0 Å². The molecule has 0 aromatic heterocycles. The summed E-state index contributed by atoms with van der Waals surface area (Å²) in [7, 11) is 1.88. The average molecular weight is 225 g/mol. The van der Waals surface area contributed by atoms with Gasteiger partial charge in [-0.2, -0.15) is 0 Å². The molecule has 0 saturated carbocycles. The number of nitrogens with zero attached hydrogens (tertiary/aromatic N) is 2. The van der Waals surface area contributed by atoms with Crippen LogP contribution in [0.3, 0.4) is 0 Å². The van der Waals surface area contributed by atoms with Crippen LogP contribution >= 0.6 is 0 Å². The average Bonchev–Trinajstić information content (AvgIpc) is 2.61. The summed E-state index contributed by atoms with van der Waals surface area (Å²) >= 11 is 0. The van der Waals surface area contributed by atoms with Gasteiger partial charge in [-0.15, -0.1) is 0 Å². The second-order valence-electron chi connectivity index (χ2n) is 5.07. The molecule has 1 amide bonds. The highest BCUT2D eigenvalue weighted by atomic mass is 16.2. The Balaban J connectivity index is 1.83. The number of hydrogen-bond acceptors (Lipinski definition) is 3. The number of likely N-dealkylation sites (tertiary alicyclic amines) is 1. The van der Waals surface area contributed by atoms with E-state index in [1.54, 1.807) is 4.90 Å². The van der Waals surface area contributed by atoms with Crippen molar-refractivity contribution in [2.75, 3.05) is 33.2 Å². The normalized spacial score (nSPS) is 30.1. The lowest BCUT2D eigenvalue weighted by Crippen LogP contribution is -2.42. The maximum Gasteiger partial charge on any atom is 0.236 e. The molecule has 0 aromatic rings. The summed E-state index contributed by atoms with van der Waals surface area (Å²) in [5.74, 6) is 0.250. The van der Waals surface area contributed by atoms with Crippen LogP contribution in [0.5, 0.6) is 0 Å². The van der Waals surface area contributed by atoms with Crippen LogP contribution in [-0.4, -0.2) is 61.0 Å². The van der Waals surface area contributed by atoms with Crippen LogP contribution < -0.4 is 5.32 Å². The van der Waals surface area contributed by atoms with Crippen molar-refractivity contribution < 1.29 is 4.79 Å². The minimum Gasteiger partial charge on any atom is -0.345 e. The van der Waals surface area contributed by atoms with Crippen molar-refractivity contribution in [3.63, 3.8) is 0 Å². The lowest BCUT2D eigenvalue weighted by Gasteiger charge is -2.25. The van der Waals surface area contributed by atoms with E-state index in [0.29, 0.717) is 18.6 Å². The fourth-order valence-corrected chi connectivity index (χ4v) is 2.65. The molecule has 2 rings (SSSR count). The molecule has 2 heterocycles. The Morgan fingerprint density at radius 3 is 2.88 bits per heavy atom. The third-order valence-corrected chi connectivity index (χ3v) is 3.87. The minimum atomic E-state index is 0.250. The maximum absolute atomic E-state index is 11.8. The van der Waals surface area contributed by atoms with Crippen molar-refractivity contribution in [1.29, 1.82) is 0 Å². The number of amides is 1. The van der Waals surface area contributed by atoms with E-state index in [-0.39, 0.29) is 5.91 Å². The van der Waals surface area contributed by atoms with Gasteiger partial charge in [0.25, 0.3) is 0 Å². The molecular weight excluding hydrogens is 202 g/mol. The minimum absolute atomic E-state index is 0.250. The van der Waals surface area contributed by atoms with E-state index in [4.69, 9.17) is 0 Å². The maximum atomic E-state index is 11.8. The Hall–Kier alpha value is -0.610. The topological polar surface area (TPSA) is 35.6 Å². The Bertz CT molecular complexity index is 257. The number of hydrogen-bond donors (Lipinski definition) is 1. The quantitative estimate of drug-likeness (QED) is 0.750. The van der Waals surface area contributed by atoms with E-state index in [2.05, 4.69) is 10.2 Å². The Kier molecular flexibility index (Phi) is 3.82. The van der Waals surface area contributed by atoms with Crippen LogP contribution in [-0.2, 0) is 4.79 Å². The van der Waals surface area contributed by atoms with Gasteiger partial charge in [0.1, 0.15) is 0 Å². The Morgan fingerprint density at radius 2 is 2.12 bits per heavy atom. The van der Waals surface area contributed by atoms with Gasteiger partial charge in [0.15, 0.2) is 0 Å². The van der Waals surface area contributed by atoms with Crippen molar-refractivity contribution in [1.82, 2.24) is 15.1 Å². The van der Waals surface area contributed by atoms with Gasteiger partial charge in [-0.3, -0.25) is 9.69 Å². The van der Waals surface area contributed by atoms with Crippen LogP contribution in [0.1, 0.15) is 26.2 Å². The summed E-state index contributed by atoms with van der Waals surface area (Å²) < 4.78 is 0. The lowest BCUT2D eigenvalue weighted by atomic mass is 10.1. The first kappa shape index (κ1) is 11.9. The van der Waals surface area contributed by atoms with E-state index in [1.165, 1.54) is 19.3 Å². The zero-order valence-electron chi connectivity index (χ0n) is 10.4. The van der Waals surface area contributed by atoms with Gasteiger partial charge in [-0.1, -0.05) is 0 Å². The highest BCUT2D eigenvalue weighted by Crippen LogP contribution is 2.20. The van der Waals surface area contributed by atoms with Gasteiger partial charge in [-0.05, 0) is 26.2 Å². The highest BCUT2D eigenvalue weighted by Gasteiger charge is 2.29. The molecule has 1 N–H and O–H groups in total. The third kappa shape index (κ3) is 2.74. The highest BCUT2D eigenvalue weighted by molar-refractivity contribution is 5.77. The second kappa shape index (κ2) is 5.15. The Labute approximate surface area is 98.0 Å². The van der Waals surface area contributed by atoms with Gasteiger partial charge in [0.2, 0.25) is 5.91 Å². The molecule has 92 valence electrons.